The van der Waals surface area contributed by atoms with E-state index >= 15 is 17.6 Å². The molecule has 0 aliphatic heterocycles. The molecule has 0 amide bonds. The van der Waals surface area contributed by atoms with Crippen LogP contribution < -0.4 is 0 Å². The lowest BCUT2D eigenvalue weighted by molar-refractivity contribution is 0.589. The number of benzene rings is 10. The zero-order valence-electron chi connectivity index (χ0n) is 30.1. The quantitative estimate of drug-likeness (QED) is 0.124. The lowest BCUT2D eigenvalue weighted by atomic mass is 9.84. The highest BCUT2D eigenvalue weighted by Gasteiger charge is 2.25. The first-order valence-electron chi connectivity index (χ1n) is 18.7. The highest BCUT2D eigenvalue weighted by molar-refractivity contribution is 7.26. The van der Waals surface area contributed by atoms with Crippen LogP contribution in [0.3, 0.4) is 0 Å². The van der Waals surface area contributed by atoms with E-state index in [0.717, 1.165) is 85.5 Å². The van der Waals surface area contributed by atoms with Crippen molar-refractivity contribution >= 4 is 74.6 Å². The van der Waals surface area contributed by atoms with Gasteiger partial charge in [-0.2, -0.15) is 0 Å². The normalized spacial score (nSPS) is 11.9. The largest absolute Gasteiger partial charge is 0.206 e. The number of fused-ring (bicyclic) bond motifs is 7. The Balaban J connectivity index is 1.24. The molecule has 0 bridgehead atoms. The minimum absolute atomic E-state index is 0.0376. The predicted octanol–water partition coefficient (Wildman–Crippen LogP) is 15.9. The van der Waals surface area contributed by atoms with Crippen LogP contribution in [0.2, 0.25) is 0 Å². The second-order valence-corrected chi connectivity index (χ2v) is 15.4. The molecule has 0 fully saturated rings. The summed E-state index contributed by atoms with van der Waals surface area (Å²) < 4.78 is 64.5. The minimum Gasteiger partial charge on any atom is -0.206 e. The van der Waals surface area contributed by atoms with Gasteiger partial charge in [-0.15, -0.1) is 11.3 Å². The maximum Gasteiger partial charge on any atom is 0.134 e. The van der Waals surface area contributed by atoms with Gasteiger partial charge in [0.2, 0.25) is 0 Å². The molecule has 57 heavy (non-hydrogen) atoms. The van der Waals surface area contributed by atoms with E-state index in [4.69, 9.17) is 0 Å². The highest BCUT2D eigenvalue weighted by atomic mass is 32.1. The Hall–Kier alpha value is -6.82. The Kier molecular flexibility index (Phi) is 7.57. The van der Waals surface area contributed by atoms with E-state index in [1.807, 2.05) is 97.1 Å². The number of rotatable bonds is 4. The van der Waals surface area contributed by atoms with Gasteiger partial charge in [0, 0.05) is 36.9 Å². The molecule has 0 nitrogen and oxygen atoms in total. The van der Waals surface area contributed by atoms with Crippen LogP contribution in [-0.4, -0.2) is 0 Å². The molecule has 5 heteroatoms. The lowest BCUT2D eigenvalue weighted by Gasteiger charge is -2.19. The SMILES string of the molecule is Fc1cccc(F)c1-c1c2ccccc2c(-c2cccc3c2sc2cccc(-c4c5ccccc5c(-c5c(F)cccc5F)c5ccccc45)c23)c2ccccc12. The van der Waals surface area contributed by atoms with Crippen LogP contribution in [0.5, 0.6) is 0 Å². The average Bonchev–Trinajstić information content (AvgIpc) is 3.63. The van der Waals surface area contributed by atoms with Gasteiger partial charge in [-0.05, 0) is 90.1 Å². The summed E-state index contributed by atoms with van der Waals surface area (Å²) in [6.07, 6.45) is 0. The van der Waals surface area contributed by atoms with Crippen LogP contribution in [-0.2, 0) is 0 Å². The smallest absolute Gasteiger partial charge is 0.134 e. The van der Waals surface area contributed by atoms with E-state index in [1.54, 1.807) is 11.3 Å². The Morgan fingerprint density at radius 3 is 1.00 bits per heavy atom. The molecule has 0 spiro atoms. The van der Waals surface area contributed by atoms with E-state index in [9.17, 15) is 0 Å². The summed E-state index contributed by atoms with van der Waals surface area (Å²) in [6, 6.07) is 52.2. The topological polar surface area (TPSA) is 0 Å². The van der Waals surface area contributed by atoms with Crippen molar-refractivity contribution in [3.63, 3.8) is 0 Å². The van der Waals surface area contributed by atoms with Crippen molar-refractivity contribution in [1.29, 1.82) is 0 Å². The van der Waals surface area contributed by atoms with Crippen molar-refractivity contribution < 1.29 is 17.6 Å². The van der Waals surface area contributed by atoms with Crippen LogP contribution in [0.1, 0.15) is 0 Å². The van der Waals surface area contributed by atoms with E-state index in [0.29, 0.717) is 11.1 Å². The second kappa shape index (κ2) is 12.9. The molecule has 0 N–H and O–H groups in total. The zero-order valence-corrected chi connectivity index (χ0v) is 30.9. The van der Waals surface area contributed by atoms with Gasteiger partial charge < -0.3 is 0 Å². The first kappa shape index (κ1) is 33.5. The number of thiophene rings is 1. The van der Waals surface area contributed by atoms with Crippen LogP contribution in [0.4, 0.5) is 17.6 Å². The summed E-state index contributed by atoms with van der Waals surface area (Å²) in [5.74, 6) is -2.43. The summed E-state index contributed by atoms with van der Waals surface area (Å²) in [5, 5.41) is 8.77. The Labute approximate surface area is 328 Å². The fourth-order valence-electron chi connectivity index (χ4n) is 9.10. The number of hydrogen-bond donors (Lipinski definition) is 0. The Morgan fingerprint density at radius 2 is 0.579 bits per heavy atom. The van der Waals surface area contributed by atoms with E-state index in [1.165, 1.54) is 36.4 Å². The molecule has 11 rings (SSSR count). The third-order valence-electron chi connectivity index (χ3n) is 11.3. The van der Waals surface area contributed by atoms with Crippen LogP contribution in [0, 0.1) is 23.3 Å². The molecule has 10 aromatic carbocycles. The maximum absolute atomic E-state index is 15.6. The summed E-state index contributed by atoms with van der Waals surface area (Å²) in [7, 11) is 0. The van der Waals surface area contributed by atoms with Crippen molar-refractivity contribution in [2.75, 3.05) is 0 Å². The lowest BCUT2D eigenvalue weighted by Crippen LogP contribution is -1.95. The molecule has 0 atom stereocenters. The standard InChI is InChI=1S/C52H28F4S/c53-40-24-11-25-41(54)50(40)48-33-17-5-1-13-29(33)45(30-14-2-6-18-34(30)48)37-21-10-28-44-47(37)39-23-9-22-38(52(39)57-44)46-31-15-3-7-19-35(31)49(36-20-8-4-16-32(36)46)51-42(55)26-12-27-43(51)56/h1-28H. The van der Waals surface area contributed by atoms with Crippen LogP contribution in [0.15, 0.2) is 170 Å². The predicted molar refractivity (Wildman–Crippen MR) is 231 cm³/mol. The van der Waals surface area contributed by atoms with Gasteiger partial charge in [0.1, 0.15) is 23.3 Å². The van der Waals surface area contributed by atoms with Gasteiger partial charge in [-0.3, -0.25) is 0 Å². The van der Waals surface area contributed by atoms with E-state index in [-0.39, 0.29) is 11.1 Å². The van der Waals surface area contributed by atoms with Crippen molar-refractivity contribution in [1.82, 2.24) is 0 Å². The maximum atomic E-state index is 15.6. The minimum atomic E-state index is -0.608. The van der Waals surface area contributed by atoms with Gasteiger partial charge in [-0.1, -0.05) is 140 Å². The first-order chi connectivity index (χ1) is 28.0. The molecular weight excluding hydrogens is 733 g/mol. The van der Waals surface area contributed by atoms with Gasteiger partial charge in [-0.25, -0.2) is 17.6 Å². The van der Waals surface area contributed by atoms with E-state index < -0.39 is 23.3 Å². The van der Waals surface area contributed by atoms with Crippen molar-refractivity contribution in [3.05, 3.63) is 193 Å². The van der Waals surface area contributed by atoms with E-state index in [2.05, 4.69) is 36.4 Å². The van der Waals surface area contributed by atoms with Gasteiger partial charge >= 0.3 is 0 Å². The molecule has 11 aromatic rings. The average molecular weight is 761 g/mol. The van der Waals surface area contributed by atoms with Gasteiger partial charge in [0.05, 0.1) is 11.1 Å². The summed E-state index contributed by atoms with van der Waals surface area (Å²) in [5.41, 5.74) is 5.01. The molecule has 1 heterocycles. The first-order valence-corrected chi connectivity index (χ1v) is 19.5. The molecule has 1 aromatic heterocycles. The Morgan fingerprint density at radius 1 is 0.263 bits per heavy atom. The monoisotopic (exact) mass is 760 g/mol. The zero-order chi connectivity index (χ0) is 38.4. The van der Waals surface area contributed by atoms with Crippen LogP contribution >= 0.6 is 11.3 Å². The van der Waals surface area contributed by atoms with Gasteiger partial charge in [0.15, 0.2) is 0 Å². The third-order valence-corrected chi connectivity index (χ3v) is 12.6. The number of halogens is 4. The Bertz CT molecular complexity index is 3320. The van der Waals surface area contributed by atoms with Crippen molar-refractivity contribution in [2.45, 2.75) is 0 Å². The summed E-state index contributed by atoms with van der Waals surface area (Å²) >= 11 is 1.71. The number of hydrogen-bond acceptors (Lipinski definition) is 1. The van der Waals surface area contributed by atoms with Crippen molar-refractivity contribution in [3.8, 4) is 44.5 Å². The molecule has 0 saturated heterocycles. The molecule has 0 radical (unpaired) electrons. The fraction of sp³-hybridized carbons (Fsp3) is 0. The van der Waals surface area contributed by atoms with Crippen molar-refractivity contribution in [2.24, 2.45) is 0 Å². The van der Waals surface area contributed by atoms with Gasteiger partial charge in [0.25, 0.3) is 0 Å². The molecule has 0 aliphatic rings. The molecule has 0 aliphatic carbocycles. The third kappa shape index (κ3) is 4.92. The van der Waals surface area contributed by atoms with Crippen LogP contribution in [0.25, 0.3) is 108 Å². The summed E-state index contributed by atoms with van der Waals surface area (Å²) in [6.45, 7) is 0. The molecule has 0 unspecified atom stereocenters. The second-order valence-electron chi connectivity index (χ2n) is 14.3. The summed E-state index contributed by atoms with van der Waals surface area (Å²) in [4.78, 5) is 0. The highest BCUT2D eigenvalue weighted by Crippen LogP contribution is 2.52. The molecule has 270 valence electrons. The molecular formula is C52H28F4S. The fourth-order valence-corrected chi connectivity index (χ4v) is 10.4. The molecule has 0 saturated carbocycles.